The highest BCUT2D eigenvalue weighted by Crippen LogP contribution is 2.08. The van der Waals surface area contributed by atoms with Gasteiger partial charge in [0.2, 0.25) is 0 Å². The predicted molar refractivity (Wildman–Crippen MR) is 37.5 cm³/mol. The number of ketones is 1. The zero-order chi connectivity index (χ0) is 6.97. The molecular weight excluding hydrogens is 128 g/mol. The number of hydrogen-bond donors (Lipinski definition) is 1. The number of carbonyl (C=O) groups excluding carboxylic acids is 1. The largest absolute Gasteiger partial charge is 0.294 e. The molecule has 0 aromatic rings. The smallest absolute Gasteiger partial charge is 0.187 e. The van der Waals surface area contributed by atoms with E-state index in [4.69, 9.17) is 0 Å². The Hall–Kier alpha value is -0.670. The van der Waals surface area contributed by atoms with Crippen molar-refractivity contribution in [3.8, 4) is 0 Å². The molecule has 0 aliphatic carbocycles. The van der Waals surface area contributed by atoms with Crippen molar-refractivity contribution in [2.75, 3.05) is 19.6 Å². The average molecular weight is 138 g/mol. The van der Waals surface area contributed by atoms with Gasteiger partial charge < -0.3 is 0 Å². The third-order valence-corrected chi connectivity index (χ3v) is 1.99. The SMILES string of the molecule is O=C1C=CCN2CCNC12. The first-order chi connectivity index (χ1) is 4.88. The summed E-state index contributed by atoms with van der Waals surface area (Å²) in [7, 11) is 0. The van der Waals surface area contributed by atoms with Crippen molar-refractivity contribution in [2.45, 2.75) is 6.17 Å². The molecule has 0 spiro atoms. The lowest BCUT2D eigenvalue weighted by molar-refractivity contribution is -0.119. The number of nitrogens with one attached hydrogen (secondary N) is 1. The summed E-state index contributed by atoms with van der Waals surface area (Å²) in [5.41, 5.74) is 0. The topological polar surface area (TPSA) is 32.3 Å². The summed E-state index contributed by atoms with van der Waals surface area (Å²) in [6, 6.07) is 0. The van der Waals surface area contributed by atoms with E-state index in [0.29, 0.717) is 0 Å². The maximum atomic E-state index is 11.1. The third-order valence-electron chi connectivity index (χ3n) is 1.99. The van der Waals surface area contributed by atoms with Crippen molar-refractivity contribution in [3.63, 3.8) is 0 Å². The standard InChI is InChI=1S/C7H10N2O/c10-6-2-1-4-9-5-3-8-7(6)9/h1-2,7-8H,3-5H2. The van der Waals surface area contributed by atoms with Crippen LogP contribution in [-0.2, 0) is 4.79 Å². The quantitative estimate of drug-likeness (QED) is 0.483. The zero-order valence-corrected chi connectivity index (χ0v) is 5.71. The average Bonchev–Trinajstić information content (AvgIpc) is 2.36. The number of rotatable bonds is 0. The molecule has 0 radical (unpaired) electrons. The monoisotopic (exact) mass is 138 g/mol. The number of hydrogen-bond acceptors (Lipinski definition) is 3. The Bertz CT molecular complexity index is 188. The summed E-state index contributed by atoms with van der Waals surface area (Å²) in [6.45, 7) is 2.86. The van der Waals surface area contributed by atoms with Crippen LogP contribution in [0, 0.1) is 0 Å². The summed E-state index contributed by atoms with van der Waals surface area (Å²) in [5, 5.41) is 3.13. The molecule has 3 heteroatoms. The fourth-order valence-electron chi connectivity index (χ4n) is 1.48. The summed E-state index contributed by atoms with van der Waals surface area (Å²) < 4.78 is 0. The molecule has 2 rings (SSSR count). The van der Waals surface area contributed by atoms with E-state index in [2.05, 4.69) is 10.2 Å². The minimum Gasteiger partial charge on any atom is -0.294 e. The molecule has 54 valence electrons. The van der Waals surface area contributed by atoms with Crippen LogP contribution in [0.15, 0.2) is 12.2 Å². The second-order valence-corrected chi connectivity index (χ2v) is 2.66. The second-order valence-electron chi connectivity index (χ2n) is 2.66. The molecule has 1 fully saturated rings. The molecular formula is C7H10N2O. The van der Waals surface area contributed by atoms with Gasteiger partial charge in [-0.1, -0.05) is 6.08 Å². The van der Waals surface area contributed by atoms with E-state index in [1.807, 2.05) is 6.08 Å². The van der Waals surface area contributed by atoms with E-state index in [1.165, 1.54) is 0 Å². The van der Waals surface area contributed by atoms with Crippen LogP contribution in [0.4, 0.5) is 0 Å². The summed E-state index contributed by atoms with van der Waals surface area (Å²) in [6.07, 6.45) is 3.58. The van der Waals surface area contributed by atoms with Crippen molar-refractivity contribution >= 4 is 5.78 Å². The zero-order valence-electron chi connectivity index (χ0n) is 5.71. The molecule has 1 N–H and O–H groups in total. The molecule has 2 aliphatic rings. The lowest BCUT2D eigenvalue weighted by Gasteiger charge is -2.22. The molecule has 0 amide bonds. The minimum absolute atomic E-state index is 0.00926. The van der Waals surface area contributed by atoms with Crippen molar-refractivity contribution in [3.05, 3.63) is 12.2 Å². The van der Waals surface area contributed by atoms with E-state index in [1.54, 1.807) is 6.08 Å². The highest BCUT2D eigenvalue weighted by molar-refractivity contribution is 5.94. The van der Waals surface area contributed by atoms with Crippen LogP contribution >= 0.6 is 0 Å². The first-order valence-electron chi connectivity index (χ1n) is 3.56. The van der Waals surface area contributed by atoms with Gasteiger partial charge in [-0.2, -0.15) is 0 Å². The second kappa shape index (κ2) is 2.18. The Balaban J connectivity index is 2.20. The van der Waals surface area contributed by atoms with Gasteiger partial charge in [0, 0.05) is 19.6 Å². The molecule has 1 saturated heterocycles. The Morgan fingerprint density at radius 3 is 3.40 bits per heavy atom. The van der Waals surface area contributed by atoms with Crippen molar-refractivity contribution < 1.29 is 4.79 Å². The molecule has 0 aromatic carbocycles. The molecule has 3 nitrogen and oxygen atoms in total. The van der Waals surface area contributed by atoms with Crippen LogP contribution in [0.5, 0.6) is 0 Å². The number of nitrogens with zero attached hydrogens (tertiary/aromatic N) is 1. The normalized spacial score (nSPS) is 32.8. The maximum Gasteiger partial charge on any atom is 0.187 e. The lowest BCUT2D eigenvalue weighted by Crippen LogP contribution is -2.44. The number of fused-ring (bicyclic) bond motifs is 1. The molecule has 0 saturated carbocycles. The fourth-order valence-corrected chi connectivity index (χ4v) is 1.48. The Morgan fingerprint density at radius 1 is 1.70 bits per heavy atom. The number of carbonyl (C=O) groups is 1. The van der Waals surface area contributed by atoms with Gasteiger partial charge in [0.25, 0.3) is 0 Å². The minimum atomic E-state index is -0.00926. The van der Waals surface area contributed by atoms with E-state index in [0.717, 1.165) is 19.6 Å². The Labute approximate surface area is 59.7 Å². The first-order valence-corrected chi connectivity index (χ1v) is 3.56. The highest BCUT2D eigenvalue weighted by atomic mass is 16.1. The third kappa shape index (κ3) is 0.786. The van der Waals surface area contributed by atoms with Crippen molar-refractivity contribution in [1.29, 1.82) is 0 Å². The van der Waals surface area contributed by atoms with Gasteiger partial charge in [-0.25, -0.2) is 0 Å². The van der Waals surface area contributed by atoms with Gasteiger partial charge >= 0.3 is 0 Å². The summed E-state index contributed by atoms with van der Waals surface area (Å²) in [5.74, 6) is 0.198. The van der Waals surface area contributed by atoms with Gasteiger partial charge in [-0.3, -0.25) is 15.0 Å². The highest BCUT2D eigenvalue weighted by Gasteiger charge is 2.29. The maximum absolute atomic E-state index is 11.1. The van der Waals surface area contributed by atoms with Crippen molar-refractivity contribution in [2.24, 2.45) is 0 Å². The van der Waals surface area contributed by atoms with E-state index in [9.17, 15) is 4.79 Å². The molecule has 10 heavy (non-hydrogen) atoms. The van der Waals surface area contributed by atoms with E-state index < -0.39 is 0 Å². The van der Waals surface area contributed by atoms with Gasteiger partial charge in [-0.15, -0.1) is 0 Å². The fraction of sp³-hybridized carbons (Fsp3) is 0.571. The molecule has 2 heterocycles. The van der Waals surface area contributed by atoms with E-state index in [-0.39, 0.29) is 11.9 Å². The van der Waals surface area contributed by atoms with Crippen LogP contribution in [0.2, 0.25) is 0 Å². The van der Waals surface area contributed by atoms with Gasteiger partial charge in [0.1, 0.15) is 6.17 Å². The van der Waals surface area contributed by atoms with E-state index >= 15 is 0 Å². The summed E-state index contributed by atoms with van der Waals surface area (Å²) in [4.78, 5) is 13.2. The molecule has 1 atom stereocenters. The van der Waals surface area contributed by atoms with Crippen LogP contribution in [0.25, 0.3) is 0 Å². The van der Waals surface area contributed by atoms with Gasteiger partial charge in [0.05, 0.1) is 0 Å². The van der Waals surface area contributed by atoms with Crippen LogP contribution in [0.1, 0.15) is 0 Å². The van der Waals surface area contributed by atoms with Gasteiger partial charge in [0.15, 0.2) is 5.78 Å². The van der Waals surface area contributed by atoms with Crippen LogP contribution < -0.4 is 5.32 Å². The Morgan fingerprint density at radius 2 is 2.60 bits per heavy atom. The molecule has 2 aliphatic heterocycles. The van der Waals surface area contributed by atoms with Crippen LogP contribution in [-0.4, -0.2) is 36.5 Å². The van der Waals surface area contributed by atoms with Crippen molar-refractivity contribution in [1.82, 2.24) is 10.2 Å². The molecule has 0 bridgehead atoms. The Kier molecular flexibility index (Phi) is 1.32. The lowest BCUT2D eigenvalue weighted by atomic mass is 10.2. The van der Waals surface area contributed by atoms with Gasteiger partial charge in [-0.05, 0) is 6.08 Å². The van der Waals surface area contributed by atoms with Crippen LogP contribution in [0.3, 0.4) is 0 Å². The summed E-state index contributed by atoms with van der Waals surface area (Å²) >= 11 is 0. The molecule has 1 unspecified atom stereocenters. The first kappa shape index (κ1) is 6.07. The predicted octanol–water partition coefficient (Wildman–Crippen LogP) is -0.643. The molecule has 0 aromatic heterocycles.